The third-order valence-corrected chi connectivity index (χ3v) is 3.72. The van der Waals surface area contributed by atoms with Crippen LogP contribution in [0.2, 0.25) is 0 Å². The molecule has 2 nitrogen and oxygen atoms in total. The Balaban J connectivity index is 1.73. The second-order valence-corrected chi connectivity index (χ2v) is 5.70. The van der Waals surface area contributed by atoms with Crippen LogP contribution in [0.4, 0.5) is 0 Å². The SMILES string of the molecule is CC(=O)Cc1ccc(OCCSc2ccccc2)cc1. The summed E-state index contributed by atoms with van der Waals surface area (Å²) in [6.45, 7) is 2.27. The summed E-state index contributed by atoms with van der Waals surface area (Å²) in [7, 11) is 0. The summed E-state index contributed by atoms with van der Waals surface area (Å²) in [5.41, 5.74) is 1.03. The van der Waals surface area contributed by atoms with Gasteiger partial charge in [0.25, 0.3) is 0 Å². The minimum Gasteiger partial charge on any atom is -0.493 e. The lowest BCUT2D eigenvalue weighted by Gasteiger charge is -2.07. The van der Waals surface area contributed by atoms with E-state index in [9.17, 15) is 4.79 Å². The lowest BCUT2D eigenvalue weighted by molar-refractivity contribution is -0.116. The molecule has 3 heteroatoms. The molecule has 0 aromatic heterocycles. The number of carbonyl (C=O) groups is 1. The van der Waals surface area contributed by atoms with E-state index in [1.807, 2.05) is 42.5 Å². The number of Topliss-reactive ketones (excluding diaryl/α,β-unsaturated/α-hetero) is 1. The van der Waals surface area contributed by atoms with E-state index in [0.717, 1.165) is 17.1 Å². The second kappa shape index (κ2) is 7.75. The molecule has 0 radical (unpaired) electrons. The minimum atomic E-state index is 0.179. The van der Waals surface area contributed by atoms with Gasteiger partial charge in [-0.15, -0.1) is 11.8 Å². The maximum Gasteiger partial charge on any atom is 0.134 e. The zero-order valence-electron chi connectivity index (χ0n) is 11.5. The van der Waals surface area contributed by atoms with E-state index < -0.39 is 0 Å². The van der Waals surface area contributed by atoms with Crippen molar-refractivity contribution in [3.8, 4) is 5.75 Å². The first kappa shape index (κ1) is 14.7. The summed E-state index contributed by atoms with van der Waals surface area (Å²) >= 11 is 1.78. The lowest BCUT2D eigenvalue weighted by atomic mass is 10.1. The van der Waals surface area contributed by atoms with E-state index in [4.69, 9.17) is 4.74 Å². The average Bonchev–Trinajstić information content (AvgIpc) is 2.46. The van der Waals surface area contributed by atoms with Gasteiger partial charge in [-0.25, -0.2) is 0 Å². The second-order valence-electron chi connectivity index (χ2n) is 4.53. The quantitative estimate of drug-likeness (QED) is 0.568. The third-order valence-electron chi connectivity index (χ3n) is 2.74. The van der Waals surface area contributed by atoms with Gasteiger partial charge in [-0.1, -0.05) is 30.3 Å². The van der Waals surface area contributed by atoms with Crippen LogP contribution in [-0.4, -0.2) is 18.1 Å². The molecule has 0 saturated carbocycles. The van der Waals surface area contributed by atoms with Gasteiger partial charge < -0.3 is 4.74 Å². The van der Waals surface area contributed by atoms with E-state index >= 15 is 0 Å². The minimum absolute atomic E-state index is 0.179. The van der Waals surface area contributed by atoms with E-state index in [1.54, 1.807) is 18.7 Å². The van der Waals surface area contributed by atoms with E-state index in [0.29, 0.717) is 13.0 Å². The number of rotatable bonds is 7. The average molecular weight is 286 g/mol. The number of hydrogen-bond donors (Lipinski definition) is 0. The van der Waals surface area contributed by atoms with Crippen molar-refractivity contribution in [2.75, 3.05) is 12.4 Å². The van der Waals surface area contributed by atoms with Gasteiger partial charge >= 0.3 is 0 Å². The molecule has 2 aromatic rings. The molecule has 0 saturated heterocycles. The Kier molecular flexibility index (Phi) is 5.69. The fourth-order valence-corrected chi connectivity index (χ4v) is 2.58. The van der Waals surface area contributed by atoms with Gasteiger partial charge in [0.1, 0.15) is 11.5 Å². The van der Waals surface area contributed by atoms with Gasteiger partial charge in [-0.2, -0.15) is 0 Å². The van der Waals surface area contributed by atoms with Crippen LogP contribution in [0.3, 0.4) is 0 Å². The van der Waals surface area contributed by atoms with Crippen LogP contribution in [0.25, 0.3) is 0 Å². The van der Waals surface area contributed by atoms with Gasteiger partial charge in [0.05, 0.1) is 6.61 Å². The highest BCUT2D eigenvalue weighted by atomic mass is 32.2. The summed E-state index contributed by atoms with van der Waals surface area (Å²) in [5, 5.41) is 0. The van der Waals surface area contributed by atoms with E-state index in [2.05, 4.69) is 12.1 Å². The van der Waals surface area contributed by atoms with Gasteiger partial charge in [0, 0.05) is 17.1 Å². The number of benzene rings is 2. The van der Waals surface area contributed by atoms with E-state index in [1.165, 1.54) is 4.90 Å². The number of ketones is 1. The molecule has 0 heterocycles. The number of carbonyl (C=O) groups excluding carboxylic acids is 1. The van der Waals surface area contributed by atoms with Crippen molar-refractivity contribution >= 4 is 17.5 Å². The fourth-order valence-electron chi connectivity index (χ4n) is 1.83. The normalized spacial score (nSPS) is 10.2. The first-order valence-corrected chi connectivity index (χ1v) is 7.61. The van der Waals surface area contributed by atoms with Crippen molar-refractivity contribution < 1.29 is 9.53 Å². The molecule has 0 N–H and O–H groups in total. The summed E-state index contributed by atoms with van der Waals surface area (Å²) in [4.78, 5) is 12.3. The Morgan fingerprint density at radius 3 is 2.40 bits per heavy atom. The van der Waals surface area contributed by atoms with Crippen LogP contribution >= 0.6 is 11.8 Å². The maximum atomic E-state index is 11.0. The molecular formula is C17H18O2S. The van der Waals surface area contributed by atoms with Crippen LogP contribution in [0.1, 0.15) is 12.5 Å². The molecule has 0 fully saturated rings. The van der Waals surface area contributed by atoms with Crippen molar-refractivity contribution in [3.05, 3.63) is 60.2 Å². The molecule has 0 aliphatic rings. The van der Waals surface area contributed by atoms with Crippen molar-refractivity contribution in [2.24, 2.45) is 0 Å². The summed E-state index contributed by atoms with van der Waals surface area (Å²) in [6, 6.07) is 18.0. The summed E-state index contributed by atoms with van der Waals surface area (Å²) in [5.74, 6) is 1.95. The topological polar surface area (TPSA) is 26.3 Å². The first-order chi connectivity index (χ1) is 9.74. The smallest absolute Gasteiger partial charge is 0.134 e. The maximum absolute atomic E-state index is 11.0. The van der Waals surface area contributed by atoms with Crippen LogP contribution in [0.15, 0.2) is 59.5 Å². The molecule has 104 valence electrons. The van der Waals surface area contributed by atoms with Crippen molar-refractivity contribution in [2.45, 2.75) is 18.2 Å². The zero-order chi connectivity index (χ0) is 14.2. The van der Waals surface area contributed by atoms with Crippen LogP contribution < -0.4 is 4.74 Å². The Bertz CT molecular complexity index is 535. The molecule has 0 atom stereocenters. The standard InChI is InChI=1S/C17H18O2S/c1-14(18)13-15-7-9-16(10-8-15)19-11-12-20-17-5-3-2-4-6-17/h2-10H,11-13H2,1H3. The number of ether oxygens (including phenoxy) is 1. The van der Waals surface area contributed by atoms with Crippen molar-refractivity contribution in [1.82, 2.24) is 0 Å². The monoisotopic (exact) mass is 286 g/mol. The summed E-state index contributed by atoms with van der Waals surface area (Å²) in [6.07, 6.45) is 0.490. The zero-order valence-corrected chi connectivity index (χ0v) is 12.4. The highest BCUT2D eigenvalue weighted by molar-refractivity contribution is 7.99. The molecule has 0 bridgehead atoms. The molecule has 0 amide bonds. The molecular weight excluding hydrogens is 268 g/mol. The first-order valence-electron chi connectivity index (χ1n) is 6.63. The Hall–Kier alpha value is -1.74. The molecule has 0 unspecified atom stereocenters. The Labute approximate surface area is 124 Å². The van der Waals surface area contributed by atoms with Gasteiger partial charge in [0.2, 0.25) is 0 Å². The Morgan fingerprint density at radius 1 is 1.05 bits per heavy atom. The molecule has 0 aliphatic heterocycles. The number of thioether (sulfide) groups is 1. The highest BCUT2D eigenvalue weighted by Gasteiger charge is 1.99. The van der Waals surface area contributed by atoms with Crippen LogP contribution in [0, 0.1) is 0 Å². The van der Waals surface area contributed by atoms with Crippen molar-refractivity contribution in [3.63, 3.8) is 0 Å². The number of hydrogen-bond acceptors (Lipinski definition) is 3. The molecule has 2 aromatic carbocycles. The van der Waals surface area contributed by atoms with Crippen LogP contribution in [0.5, 0.6) is 5.75 Å². The van der Waals surface area contributed by atoms with Crippen LogP contribution in [-0.2, 0) is 11.2 Å². The predicted molar refractivity (Wildman–Crippen MR) is 83.5 cm³/mol. The van der Waals surface area contributed by atoms with Crippen molar-refractivity contribution in [1.29, 1.82) is 0 Å². The Morgan fingerprint density at radius 2 is 1.75 bits per heavy atom. The fraction of sp³-hybridized carbons (Fsp3) is 0.235. The highest BCUT2D eigenvalue weighted by Crippen LogP contribution is 2.18. The van der Waals surface area contributed by atoms with Gasteiger partial charge in [-0.05, 0) is 36.8 Å². The molecule has 0 aliphatic carbocycles. The lowest BCUT2D eigenvalue weighted by Crippen LogP contribution is -2.00. The molecule has 20 heavy (non-hydrogen) atoms. The third kappa shape index (κ3) is 5.10. The predicted octanol–water partition coefficient (Wildman–Crippen LogP) is 3.99. The molecule has 0 spiro atoms. The van der Waals surface area contributed by atoms with E-state index in [-0.39, 0.29) is 5.78 Å². The molecule has 2 rings (SSSR count). The summed E-state index contributed by atoms with van der Waals surface area (Å²) < 4.78 is 5.68. The van der Waals surface area contributed by atoms with Gasteiger partial charge in [-0.3, -0.25) is 4.79 Å². The largest absolute Gasteiger partial charge is 0.493 e. The van der Waals surface area contributed by atoms with Gasteiger partial charge in [0.15, 0.2) is 0 Å².